The monoisotopic (exact) mass is 429 g/mol. The highest BCUT2D eigenvalue weighted by molar-refractivity contribution is 5.36. The maximum atomic E-state index is 14.4. The van der Waals surface area contributed by atoms with E-state index in [1.54, 1.807) is 12.1 Å². The molecular formula is C28H41F2N. The van der Waals surface area contributed by atoms with Gasteiger partial charge in [0.2, 0.25) is 0 Å². The Morgan fingerprint density at radius 2 is 1.29 bits per heavy atom. The quantitative estimate of drug-likeness (QED) is 0.340. The fraction of sp³-hybridized carbons (Fsp3) is 0.750. The lowest BCUT2D eigenvalue weighted by molar-refractivity contribution is 0.221. The Hall–Kier alpha value is -1.43. The van der Waals surface area contributed by atoms with Crippen LogP contribution in [-0.2, 0) is 0 Å². The van der Waals surface area contributed by atoms with Gasteiger partial charge in [-0.2, -0.15) is 5.26 Å². The van der Waals surface area contributed by atoms with Crippen LogP contribution in [0, 0.1) is 40.7 Å². The summed E-state index contributed by atoms with van der Waals surface area (Å²) in [5, 5.41) is 8.87. The smallest absolute Gasteiger partial charge is 0.176 e. The van der Waals surface area contributed by atoms with E-state index >= 15 is 0 Å². The molecule has 0 radical (unpaired) electrons. The highest BCUT2D eigenvalue weighted by Crippen LogP contribution is 2.41. The minimum absolute atomic E-state index is 0.103. The molecule has 1 aromatic carbocycles. The van der Waals surface area contributed by atoms with Gasteiger partial charge in [0.25, 0.3) is 0 Å². The molecule has 0 saturated heterocycles. The Balaban J connectivity index is 1.33. The van der Waals surface area contributed by atoms with E-state index in [2.05, 4.69) is 6.92 Å². The molecule has 0 atom stereocenters. The highest BCUT2D eigenvalue weighted by atomic mass is 19.2. The lowest BCUT2D eigenvalue weighted by atomic mass is 9.73. The molecule has 0 N–H and O–H groups in total. The number of benzene rings is 1. The lowest BCUT2D eigenvalue weighted by Crippen LogP contribution is -2.18. The van der Waals surface area contributed by atoms with Gasteiger partial charge >= 0.3 is 0 Å². The maximum Gasteiger partial charge on any atom is 0.176 e. The van der Waals surface area contributed by atoms with Crippen molar-refractivity contribution in [3.63, 3.8) is 0 Å². The fourth-order valence-electron chi connectivity index (χ4n) is 6.04. The summed E-state index contributed by atoms with van der Waals surface area (Å²) in [7, 11) is 0. The van der Waals surface area contributed by atoms with Gasteiger partial charge in [0.05, 0.1) is 5.56 Å². The highest BCUT2D eigenvalue weighted by Gasteiger charge is 2.27. The van der Waals surface area contributed by atoms with Crippen molar-refractivity contribution in [1.29, 1.82) is 5.26 Å². The van der Waals surface area contributed by atoms with Crippen LogP contribution in [0.4, 0.5) is 8.78 Å². The van der Waals surface area contributed by atoms with E-state index in [-0.39, 0.29) is 11.5 Å². The fourth-order valence-corrected chi connectivity index (χ4v) is 6.04. The number of hydrogen-bond acceptors (Lipinski definition) is 1. The average Bonchev–Trinajstić information content (AvgIpc) is 2.80. The molecule has 2 aliphatic carbocycles. The van der Waals surface area contributed by atoms with Crippen LogP contribution >= 0.6 is 0 Å². The molecule has 3 rings (SSSR count). The van der Waals surface area contributed by atoms with Gasteiger partial charge in [-0.3, -0.25) is 0 Å². The van der Waals surface area contributed by atoms with Gasteiger partial charge in [-0.25, -0.2) is 8.78 Å². The molecule has 1 aromatic rings. The molecule has 3 heteroatoms. The maximum absolute atomic E-state index is 14.4. The first-order valence-corrected chi connectivity index (χ1v) is 13.0. The van der Waals surface area contributed by atoms with E-state index in [0.717, 1.165) is 43.4 Å². The molecular weight excluding hydrogens is 388 g/mol. The lowest BCUT2D eigenvalue weighted by Gasteiger charge is -2.32. The van der Waals surface area contributed by atoms with Gasteiger partial charge in [-0.15, -0.1) is 0 Å². The van der Waals surface area contributed by atoms with Crippen molar-refractivity contribution in [2.75, 3.05) is 0 Å². The minimum atomic E-state index is -0.973. The predicted octanol–water partition coefficient (Wildman–Crippen LogP) is 9.06. The molecule has 1 nitrogen and oxygen atoms in total. The normalized spacial score (nSPS) is 26.5. The molecule has 0 spiro atoms. The van der Waals surface area contributed by atoms with Crippen molar-refractivity contribution in [2.45, 2.75) is 116 Å². The van der Waals surface area contributed by atoms with E-state index in [4.69, 9.17) is 5.26 Å². The molecule has 0 aliphatic heterocycles. The summed E-state index contributed by atoms with van der Waals surface area (Å²) >= 11 is 0. The number of hydrogen-bond donors (Lipinski definition) is 0. The van der Waals surface area contributed by atoms with Crippen LogP contribution in [0.2, 0.25) is 0 Å². The van der Waals surface area contributed by atoms with Crippen molar-refractivity contribution in [3.8, 4) is 6.07 Å². The van der Waals surface area contributed by atoms with Gasteiger partial charge in [-0.1, -0.05) is 90.0 Å². The first-order chi connectivity index (χ1) is 15.1. The molecule has 31 heavy (non-hydrogen) atoms. The number of unbranched alkanes of at least 4 members (excludes halogenated alkanes) is 4. The first kappa shape index (κ1) is 24.2. The van der Waals surface area contributed by atoms with Gasteiger partial charge in [0.1, 0.15) is 6.07 Å². The van der Waals surface area contributed by atoms with Crippen molar-refractivity contribution >= 4 is 0 Å². The van der Waals surface area contributed by atoms with Crippen molar-refractivity contribution in [3.05, 3.63) is 34.9 Å². The van der Waals surface area contributed by atoms with Crippen LogP contribution in [-0.4, -0.2) is 0 Å². The predicted molar refractivity (Wildman–Crippen MR) is 124 cm³/mol. The molecule has 2 saturated carbocycles. The zero-order chi connectivity index (χ0) is 22.1. The van der Waals surface area contributed by atoms with Gasteiger partial charge < -0.3 is 0 Å². The second kappa shape index (κ2) is 12.6. The van der Waals surface area contributed by atoms with Crippen LogP contribution in [0.15, 0.2) is 12.1 Å². The zero-order valence-corrected chi connectivity index (χ0v) is 19.5. The number of halogens is 2. The summed E-state index contributed by atoms with van der Waals surface area (Å²) in [5.41, 5.74) is 0.282. The molecule has 2 aliphatic rings. The second-order valence-corrected chi connectivity index (χ2v) is 10.3. The van der Waals surface area contributed by atoms with E-state index in [9.17, 15) is 8.78 Å². The van der Waals surface area contributed by atoms with E-state index in [1.165, 1.54) is 83.1 Å². The summed E-state index contributed by atoms with van der Waals surface area (Å²) in [6, 6.07) is 4.79. The molecule has 2 fully saturated rings. The Morgan fingerprint density at radius 1 is 0.742 bits per heavy atom. The number of nitriles is 1. The van der Waals surface area contributed by atoms with Gasteiger partial charge in [0, 0.05) is 0 Å². The Kier molecular flexibility index (Phi) is 9.82. The number of nitrogens with zero attached hydrogens (tertiary/aromatic N) is 1. The van der Waals surface area contributed by atoms with Gasteiger partial charge in [-0.05, 0) is 61.0 Å². The zero-order valence-electron chi connectivity index (χ0n) is 19.5. The standard InChI is InChI=1S/C28H41F2N/c1-2-3-4-5-6-7-21-8-10-22(11-9-21)12-13-23-14-16-24(17-15-23)26-19-18-25(20-31)27(29)28(26)30/h18-19,21-24H,2-17H2,1H3/t21-,22-,23?,24?. The molecule has 0 unspecified atom stereocenters. The van der Waals surface area contributed by atoms with Crippen LogP contribution < -0.4 is 0 Å². The largest absolute Gasteiger partial charge is 0.203 e. The van der Waals surface area contributed by atoms with Crippen molar-refractivity contribution in [2.24, 2.45) is 17.8 Å². The summed E-state index contributed by atoms with van der Waals surface area (Å²) in [6.07, 6.45) is 21.0. The second-order valence-electron chi connectivity index (χ2n) is 10.3. The summed E-state index contributed by atoms with van der Waals surface area (Å²) in [4.78, 5) is 0. The van der Waals surface area contributed by atoms with Crippen LogP contribution in [0.25, 0.3) is 0 Å². The summed E-state index contributed by atoms with van der Waals surface area (Å²) in [6.45, 7) is 2.28. The molecule has 0 aromatic heterocycles. The molecule has 0 heterocycles. The van der Waals surface area contributed by atoms with Gasteiger partial charge in [0.15, 0.2) is 11.6 Å². The van der Waals surface area contributed by atoms with E-state index < -0.39 is 11.6 Å². The van der Waals surface area contributed by atoms with E-state index in [0.29, 0.717) is 5.56 Å². The minimum Gasteiger partial charge on any atom is -0.203 e. The average molecular weight is 430 g/mol. The summed E-state index contributed by atoms with van der Waals surface area (Å²) in [5.74, 6) is 0.976. The van der Waals surface area contributed by atoms with Crippen LogP contribution in [0.5, 0.6) is 0 Å². The van der Waals surface area contributed by atoms with Crippen LogP contribution in [0.3, 0.4) is 0 Å². The van der Waals surface area contributed by atoms with Crippen LogP contribution in [0.1, 0.15) is 127 Å². The van der Waals surface area contributed by atoms with E-state index in [1.807, 2.05) is 0 Å². The molecule has 0 bridgehead atoms. The Labute approximate surface area is 188 Å². The summed E-state index contributed by atoms with van der Waals surface area (Å²) < 4.78 is 28.3. The first-order valence-electron chi connectivity index (χ1n) is 13.0. The molecule has 172 valence electrons. The SMILES string of the molecule is CCCCCCC[C@H]1CC[C@H](CCC2CCC(c3ccc(C#N)c(F)c3F)CC2)CC1. The Bertz CT molecular complexity index is 706. The Morgan fingerprint density at radius 3 is 1.87 bits per heavy atom. The third-order valence-electron chi connectivity index (χ3n) is 8.18. The topological polar surface area (TPSA) is 23.8 Å². The molecule has 0 amide bonds. The third-order valence-corrected chi connectivity index (χ3v) is 8.18. The van der Waals surface area contributed by atoms with Crippen molar-refractivity contribution in [1.82, 2.24) is 0 Å². The third kappa shape index (κ3) is 7.03. The van der Waals surface area contributed by atoms with Crippen molar-refractivity contribution < 1.29 is 8.78 Å². The number of rotatable bonds is 10.